The molecule has 2 unspecified atom stereocenters. The lowest BCUT2D eigenvalue weighted by atomic mass is 9.95. The number of aryl methyl sites for hydroxylation is 1. The van der Waals surface area contributed by atoms with E-state index >= 15 is 0 Å². The van der Waals surface area contributed by atoms with Gasteiger partial charge in [0.1, 0.15) is 0 Å². The van der Waals surface area contributed by atoms with Gasteiger partial charge in [0.05, 0.1) is 18.4 Å². The fourth-order valence-corrected chi connectivity index (χ4v) is 4.83. The highest BCUT2D eigenvalue weighted by Gasteiger charge is 2.28. The largest absolute Gasteiger partial charge is 0.441 e. The Morgan fingerprint density at radius 1 is 1.13 bits per heavy atom. The lowest BCUT2D eigenvalue weighted by Crippen LogP contribution is -2.48. The van der Waals surface area contributed by atoms with E-state index in [2.05, 4.69) is 23.7 Å². The maximum atomic E-state index is 12.7. The minimum absolute atomic E-state index is 0.193. The number of benzene rings is 1. The number of aromatic nitrogens is 1. The summed E-state index contributed by atoms with van der Waals surface area (Å²) in [6.07, 6.45) is 5.43. The Morgan fingerprint density at radius 3 is 2.48 bits per heavy atom. The van der Waals surface area contributed by atoms with Crippen LogP contribution in [-0.4, -0.2) is 65.6 Å². The van der Waals surface area contributed by atoms with Gasteiger partial charge in [0.2, 0.25) is 5.91 Å². The summed E-state index contributed by atoms with van der Waals surface area (Å²) in [7, 11) is 0. The molecule has 0 bridgehead atoms. The molecular weight excluding hydrogens is 414 g/mol. The Morgan fingerprint density at radius 2 is 1.81 bits per heavy atom. The van der Waals surface area contributed by atoms with Crippen LogP contribution in [-0.2, 0) is 16.0 Å². The standard InChI is InChI=1S/C24H32ClN3O3/c1-17-14-27(15-18(2)30-17)16-19-9-11-28(12-10-19)24(29)8-7-23-26-13-22(31-23)20-3-5-21(25)6-4-20/h3-6,13,17-19H,7-12,14-16H2,1-2H3. The fraction of sp³-hybridized carbons (Fsp3) is 0.583. The molecule has 3 heterocycles. The lowest BCUT2D eigenvalue weighted by molar-refractivity contribution is -0.132. The average Bonchev–Trinajstić information content (AvgIpc) is 3.21. The van der Waals surface area contributed by atoms with Crippen molar-refractivity contribution in [2.75, 3.05) is 32.7 Å². The molecule has 0 saturated carbocycles. The van der Waals surface area contributed by atoms with Crippen LogP contribution >= 0.6 is 11.6 Å². The molecule has 2 aliphatic rings. The predicted octanol–water partition coefficient (Wildman–Crippen LogP) is 4.28. The van der Waals surface area contributed by atoms with Gasteiger partial charge in [0.25, 0.3) is 0 Å². The number of amides is 1. The van der Waals surface area contributed by atoms with Crippen molar-refractivity contribution in [3.05, 3.63) is 41.4 Å². The Kier molecular flexibility index (Phi) is 7.31. The van der Waals surface area contributed by atoms with Crippen LogP contribution in [0.3, 0.4) is 0 Å². The Balaban J connectivity index is 1.20. The summed E-state index contributed by atoms with van der Waals surface area (Å²) in [5, 5.41) is 0.687. The molecule has 31 heavy (non-hydrogen) atoms. The average molecular weight is 446 g/mol. The second-order valence-corrected chi connectivity index (χ2v) is 9.36. The highest BCUT2D eigenvalue weighted by atomic mass is 35.5. The first-order chi connectivity index (χ1) is 15.0. The number of carbonyl (C=O) groups is 1. The van der Waals surface area contributed by atoms with E-state index in [1.807, 2.05) is 29.2 Å². The topological polar surface area (TPSA) is 58.8 Å². The van der Waals surface area contributed by atoms with Crippen LogP contribution in [0.1, 0.15) is 39.0 Å². The van der Waals surface area contributed by atoms with Crippen molar-refractivity contribution in [3.8, 4) is 11.3 Å². The van der Waals surface area contributed by atoms with Crippen LogP contribution in [0.15, 0.2) is 34.9 Å². The van der Waals surface area contributed by atoms with Gasteiger partial charge in [-0.2, -0.15) is 0 Å². The molecule has 2 saturated heterocycles. The number of likely N-dealkylation sites (tertiary alicyclic amines) is 1. The van der Waals surface area contributed by atoms with Gasteiger partial charge in [-0.15, -0.1) is 0 Å². The molecule has 2 fully saturated rings. The third-order valence-electron chi connectivity index (χ3n) is 6.21. The first-order valence-electron chi connectivity index (χ1n) is 11.3. The predicted molar refractivity (Wildman–Crippen MR) is 121 cm³/mol. The second kappa shape index (κ2) is 10.2. The van der Waals surface area contributed by atoms with Gasteiger partial charge in [-0.25, -0.2) is 4.98 Å². The maximum Gasteiger partial charge on any atom is 0.223 e. The van der Waals surface area contributed by atoms with E-state index in [9.17, 15) is 4.79 Å². The minimum Gasteiger partial charge on any atom is -0.441 e. The molecule has 168 valence electrons. The molecule has 0 aliphatic carbocycles. The number of piperidine rings is 1. The van der Waals surface area contributed by atoms with E-state index in [-0.39, 0.29) is 5.91 Å². The van der Waals surface area contributed by atoms with Crippen molar-refractivity contribution in [3.63, 3.8) is 0 Å². The third kappa shape index (κ3) is 6.09. The molecule has 0 radical (unpaired) electrons. The number of hydrogen-bond acceptors (Lipinski definition) is 5. The molecule has 7 heteroatoms. The van der Waals surface area contributed by atoms with Crippen molar-refractivity contribution in [1.82, 2.24) is 14.8 Å². The van der Waals surface area contributed by atoms with Crippen LogP contribution in [0.4, 0.5) is 0 Å². The monoisotopic (exact) mass is 445 g/mol. The molecule has 4 rings (SSSR count). The quantitative estimate of drug-likeness (QED) is 0.664. The highest BCUT2D eigenvalue weighted by Crippen LogP contribution is 2.24. The molecule has 1 aromatic carbocycles. The number of oxazole rings is 1. The minimum atomic E-state index is 0.193. The number of hydrogen-bond donors (Lipinski definition) is 0. The molecule has 1 amide bonds. The van der Waals surface area contributed by atoms with Crippen LogP contribution < -0.4 is 0 Å². The van der Waals surface area contributed by atoms with Gasteiger partial charge in [-0.1, -0.05) is 11.6 Å². The van der Waals surface area contributed by atoms with Gasteiger partial charge >= 0.3 is 0 Å². The van der Waals surface area contributed by atoms with Gasteiger partial charge in [0, 0.05) is 56.2 Å². The summed E-state index contributed by atoms with van der Waals surface area (Å²) in [5.41, 5.74) is 0.931. The molecule has 0 N–H and O–H groups in total. The molecule has 1 aromatic heterocycles. The lowest BCUT2D eigenvalue weighted by Gasteiger charge is -2.39. The Hall–Kier alpha value is -1.89. The zero-order valence-corrected chi connectivity index (χ0v) is 19.2. The van der Waals surface area contributed by atoms with Crippen LogP contribution in [0, 0.1) is 5.92 Å². The number of carbonyl (C=O) groups excluding carboxylic acids is 1. The molecule has 0 spiro atoms. The number of nitrogens with zero attached hydrogens (tertiary/aromatic N) is 3. The van der Waals surface area contributed by atoms with Gasteiger partial charge in [-0.3, -0.25) is 9.69 Å². The van der Waals surface area contributed by atoms with E-state index in [1.54, 1.807) is 6.20 Å². The summed E-state index contributed by atoms with van der Waals surface area (Å²) in [6.45, 7) is 9.13. The summed E-state index contributed by atoms with van der Waals surface area (Å²) in [6, 6.07) is 7.46. The number of rotatable bonds is 6. The van der Waals surface area contributed by atoms with Crippen molar-refractivity contribution < 1.29 is 13.9 Å². The number of ether oxygens (including phenoxy) is 1. The second-order valence-electron chi connectivity index (χ2n) is 8.93. The Bertz CT molecular complexity index is 851. The summed E-state index contributed by atoms with van der Waals surface area (Å²) in [4.78, 5) is 21.6. The smallest absolute Gasteiger partial charge is 0.223 e. The zero-order valence-electron chi connectivity index (χ0n) is 18.4. The Labute approximate surface area is 189 Å². The van der Waals surface area contributed by atoms with E-state index in [4.69, 9.17) is 20.8 Å². The van der Waals surface area contributed by atoms with E-state index < -0.39 is 0 Å². The van der Waals surface area contributed by atoms with Gasteiger partial charge < -0.3 is 14.1 Å². The normalized spacial score (nSPS) is 23.3. The van der Waals surface area contributed by atoms with Gasteiger partial charge in [-0.05, 0) is 56.9 Å². The van der Waals surface area contributed by atoms with Crippen molar-refractivity contribution in [2.24, 2.45) is 5.92 Å². The molecular formula is C24H32ClN3O3. The van der Waals surface area contributed by atoms with Crippen LogP contribution in [0.25, 0.3) is 11.3 Å². The van der Waals surface area contributed by atoms with Crippen LogP contribution in [0.5, 0.6) is 0 Å². The summed E-state index contributed by atoms with van der Waals surface area (Å²) < 4.78 is 11.7. The zero-order chi connectivity index (χ0) is 21.8. The third-order valence-corrected chi connectivity index (χ3v) is 6.47. The summed E-state index contributed by atoms with van der Waals surface area (Å²) >= 11 is 5.94. The van der Waals surface area contributed by atoms with E-state index in [0.717, 1.165) is 51.1 Å². The fourth-order valence-electron chi connectivity index (χ4n) is 4.71. The van der Waals surface area contributed by atoms with E-state index in [0.29, 0.717) is 47.6 Å². The van der Waals surface area contributed by atoms with Crippen molar-refractivity contribution in [1.29, 1.82) is 0 Å². The number of morpholine rings is 1. The summed E-state index contributed by atoms with van der Waals surface area (Å²) in [5.74, 6) is 2.16. The van der Waals surface area contributed by atoms with Crippen LogP contribution in [0.2, 0.25) is 5.02 Å². The molecule has 6 nitrogen and oxygen atoms in total. The number of halogens is 1. The van der Waals surface area contributed by atoms with Gasteiger partial charge in [0.15, 0.2) is 11.7 Å². The van der Waals surface area contributed by atoms with Crippen molar-refractivity contribution in [2.45, 2.75) is 51.7 Å². The molecule has 2 aliphatic heterocycles. The molecule has 2 aromatic rings. The molecule has 2 atom stereocenters. The maximum absolute atomic E-state index is 12.7. The first-order valence-corrected chi connectivity index (χ1v) is 11.7. The van der Waals surface area contributed by atoms with Crippen molar-refractivity contribution >= 4 is 17.5 Å². The van der Waals surface area contributed by atoms with E-state index in [1.165, 1.54) is 0 Å². The SMILES string of the molecule is CC1CN(CC2CCN(C(=O)CCc3ncc(-c4ccc(Cl)cc4)o3)CC2)CC(C)O1. The highest BCUT2D eigenvalue weighted by molar-refractivity contribution is 6.30. The first kappa shape index (κ1) is 22.3.